The van der Waals surface area contributed by atoms with Gasteiger partial charge in [-0.2, -0.15) is 0 Å². The number of amides is 1. The number of nitrogens with zero attached hydrogens (tertiary/aromatic N) is 3. The highest BCUT2D eigenvalue weighted by Gasteiger charge is 2.21. The number of rotatable bonds is 10. The molecule has 0 bridgehead atoms. The summed E-state index contributed by atoms with van der Waals surface area (Å²) >= 11 is 1.10. The average molecular weight is 478 g/mol. The number of benzene rings is 3. The third-order valence-corrected chi connectivity index (χ3v) is 5.63. The summed E-state index contributed by atoms with van der Waals surface area (Å²) in [5.41, 5.74) is 0.607. The number of hydrogen-bond acceptors (Lipinski definition) is 8. The Bertz CT molecular complexity index is 1260. The summed E-state index contributed by atoms with van der Waals surface area (Å²) in [7, 11) is 0. The summed E-state index contributed by atoms with van der Waals surface area (Å²) in [6.07, 6.45) is 0. The van der Waals surface area contributed by atoms with E-state index < -0.39 is 5.97 Å². The van der Waals surface area contributed by atoms with Crippen molar-refractivity contribution in [1.29, 1.82) is 0 Å². The van der Waals surface area contributed by atoms with E-state index >= 15 is 0 Å². The zero-order valence-electron chi connectivity index (χ0n) is 18.5. The lowest BCUT2D eigenvalue weighted by atomic mass is 10.1. The monoisotopic (exact) mass is 477 g/mol. The molecule has 4 aromatic rings. The highest BCUT2D eigenvalue weighted by atomic mass is 32.2. The Labute approximate surface area is 200 Å². The SMILES string of the molecule is CCOC(=O)CN(C(=O)CSc1nnc(COc2cccc3ccccc23)o1)c1ccccc1. The second-order valence-electron chi connectivity index (χ2n) is 7.14. The highest BCUT2D eigenvalue weighted by molar-refractivity contribution is 7.99. The van der Waals surface area contributed by atoms with Gasteiger partial charge in [-0.25, -0.2) is 0 Å². The van der Waals surface area contributed by atoms with Gasteiger partial charge in [-0.3, -0.25) is 9.59 Å². The number of fused-ring (bicyclic) bond motifs is 1. The standard InChI is InChI=1S/C25H23N3O5S/c1-2-31-24(30)15-28(19-11-4-3-5-12-19)23(29)17-34-25-27-26-22(33-25)16-32-21-14-8-10-18-9-6-7-13-20(18)21/h3-14H,2,15-17H2,1H3. The fourth-order valence-corrected chi connectivity index (χ4v) is 3.94. The van der Waals surface area contributed by atoms with Crippen LogP contribution in [-0.4, -0.2) is 41.0 Å². The first-order chi connectivity index (χ1) is 16.6. The number of hydrogen-bond donors (Lipinski definition) is 0. The van der Waals surface area contributed by atoms with Crippen LogP contribution >= 0.6 is 11.8 Å². The van der Waals surface area contributed by atoms with Gasteiger partial charge in [0.25, 0.3) is 11.1 Å². The van der Waals surface area contributed by atoms with Gasteiger partial charge < -0.3 is 18.8 Å². The second kappa shape index (κ2) is 11.3. The molecule has 0 aliphatic rings. The van der Waals surface area contributed by atoms with E-state index in [9.17, 15) is 9.59 Å². The number of aromatic nitrogens is 2. The molecule has 3 aromatic carbocycles. The number of anilines is 1. The Morgan fingerprint density at radius 1 is 0.971 bits per heavy atom. The Hall–Kier alpha value is -3.85. The topological polar surface area (TPSA) is 94.8 Å². The normalized spacial score (nSPS) is 10.7. The van der Waals surface area contributed by atoms with E-state index in [2.05, 4.69) is 10.2 Å². The van der Waals surface area contributed by atoms with Crippen LogP contribution in [0.25, 0.3) is 10.8 Å². The average Bonchev–Trinajstić information content (AvgIpc) is 3.33. The van der Waals surface area contributed by atoms with Gasteiger partial charge in [0.15, 0.2) is 6.61 Å². The quantitative estimate of drug-likeness (QED) is 0.244. The van der Waals surface area contributed by atoms with Crippen molar-refractivity contribution in [2.75, 3.05) is 23.8 Å². The molecule has 0 fully saturated rings. The minimum atomic E-state index is -0.477. The second-order valence-corrected chi connectivity index (χ2v) is 8.06. The summed E-state index contributed by atoms with van der Waals surface area (Å²) < 4.78 is 16.5. The molecule has 0 saturated heterocycles. The minimum Gasteiger partial charge on any atom is -0.483 e. The third kappa shape index (κ3) is 5.93. The number of para-hydroxylation sites is 1. The van der Waals surface area contributed by atoms with Gasteiger partial charge in [-0.05, 0) is 30.5 Å². The molecule has 34 heavy (non-hydrogen) atoms. The van der Waals surface area contributed by atoms with Crippen LogP contribution in [0.2, 0.25) is 0 Å². The van der Waals surface area contributed by atoms with E-state index in [-0.39, 0.29) is 36.6 Å². The number of ether oxygens (including phenoxy) is 2. The molecule has 0 spiro atoms. The van der Waals surface area contributed by atoms with Gasteiger partial charge in [-0.15, -0.1) is 10.2 Å². The maximum Gasteiger partial charge on any atom is 0.326 e. The van der Waals surface area contributed by atoms with Gasteiger partial charge in [0.2, 0.25) is 5.91 Å². The molecule has 1 amide bonds. The van der Waals surface area contributed by atoms with E-state index in [0.29, 0.717) is 11.6 Å². The maximum absolute atomic E-state index is 12.9. The molecule has 9 heteroatoms. The molecular weight excluding hydrogens is 454 g/mol. The number of carbonyl (C=O) groups excluding carboxylic acids is 2. The third-order valence-electron chi connectivity index (χ3n) is 4.83. The number of thioether (sulfide) groups is 1. The van der Waals surface area contributed by atoms with Crippen LogP contribution < -0.4 is 9.64 Å². The van der Waals surface area contributed by atoms with Gasteiger partial charge in [0.05, 0.1) is 12.4 Å². The molecule has 0 radical (unpaired) electrons. The first kappa shape index (κ1) is 23.3. The first-order valence-electron chi connectivity index (χ1n) is 10.7. The summed E-state index contributed by atoms with van der Waals surface area (Å²) in [5, 5.41) is 10.3. The molecule has 0 aliphatic carbocycles. The van der Waals surface area contributed by atoms with Crippen LogP contribution in [0.4, 0.5) is 5.69 Å². The number of carbonyl (C=O) groups is 2. The van der Waals surface area contributed by atoms with Gasteiger partial charge in [0, 0.05) is 11.1 Å². The van der Waals surface area contributed by atoms with Crippen LogP contribution in [0.3, 0.4) is 0 Å². The minimum absolute atomic E-state index is 0.0140. The van der Waals surface area contributed by atoms with Crippen LogP contribution in [0.5, 0.6) is 5.75 Å². The van der Waals surface area contributed by atoms with Crippen molar-refractivity contribution in [3.63, 3.8) is 0 Å². The van der Waals surface area contributed by atoms with Crippen molar-refractivity contribution >= 4 is 40.1 Å². The molecule has 0 N–H and O–H groups in total. The Balaban J connectivity index is 1.36. The van der Waals surface area contributed by atoms with Crippen molar-refractivity contribution in [3.05, 3.63) is 78.7 Å². The molecule has 0 unspecified atom stereocenters. The van der Waals surface area contributed by atoms with Gasteiger partial charge in [-0.1, -0.05) is 66.4 Å². The van der Waals surface area contributed by atoms with E-state index in [0.717, 1.165) is 28.3 Å². The van der Waals surface area contributed by atoms with Gasteiger partial charge in [0.1, 0.15) is 12.3 Å². The Morgan fingerprint density at radius 2 is 1.74 bits per heavy atom. The van der Waals surface area contributed by atoms with E-state index in [1.807, 2.05) is 48.5 Å². The first-order valence-corrected chi connectivity index (χ1v) is 11.7. The van der Waals surface area contributed by atoms with Crippen molar-refractivity contribution in [2.45, 2.75) is 18.8 Å². The highest BCUT2D eigenvalue weighted by Crippen LogP contribution is 2.26. The van der Waals surface area contributed by atoms with E-state index in [4.69, 9.17) is 13.9 Å². The molecule has 0 saturated carbocycles. The molecule has 4 rings (SSSR count). The molecule has 8 nitrogen and oxygen atoms in total. The van der Waals surface area contributed by atoms with Crippen molar-refractivity contribution in [1.82, 2.24) is 10.2 Å². The number of esters is 1. The summed E-state index contributed by atoms with van der Waals surface area (Å²) in [6, 6.07) is 22.7. The van der Waals surface area contributed by atoms with Gasteiger partial charge >= 0.3 is 5.97 Å². The van der Waals surface area contributed by atoms with Crippen molar-refractivity contribution in [2.24, 2.45) is 0 Å². The summed E-state index contributed by atoms with van der Waals surface area (Å²) in [4.78, 5) is 26.3. The molecule has 0 atom stereocenters. The molecule has 174 valence electrons. The van der Waals surface area contributed by atoms with Crippen molar-refractivity contribution < 1.29 is 23.5 Å². The molecule has 1 aromatic heterocycles. The predicted octanol–water partition coefficient (Wildman–Crippen LogP) is 4.49. The molecular formula is C25H23N3O5S. The fourth-order valence-electron chi connectivity index (χ4n) is 3.28. The van der Waals surface area contributed by atoms with Crippen LogP contribution in [0, 0.1) is 0 Å². The van der Waals surface area contributed by atoms with E-state index in [1.165, 1.54) is 4.90 Å². The Morgan fingerprint density at radius 3 is 2.56 bits per heavy atom. The Kier molecular flexibility index (Phi) is 7.77. The lowest BCUT2D eigenvalue weighted by Gasteiger charge is -2.21. The smallest absolute Gasteiger partial charge is 0.326 e. The van der Waals surface area contributed by atoms with Crippen molar-refractivity contribution in [3.8, 4) is 5.75 Å². The van der Waals surface area contributed by atoms with Crippen LogP contribution in [0.15, 0.2) is 82.4 Å². The predicted molar refractivity (Wildman–Crippen MR) is 129 cm³/mol. The van der Waals surface area contributed by atoms with Crippen LogP contribution in [-0.2, 0) is 20.9 Å². The van der Waals surface area contributed by atoms with E-state index in [1.54, 1.807) is 31.2 Å². The largest absolute Gasteiger partial charge is 0.483 e. The molecule has 1 heterocycles. The summed E-state index contributed by atoms with van der Waals surface area (Å²) in [5.74, 6) is 0.277. The molecule has 0 aliphatic heterocycles. The lowest BCUT2D eigenvalue weighted by Crippen LogP contribution is -2.37. The maximum atomic E-state index is 12.9. The fraction of sp³-hybridized carbons (Fsp3) is 0.200. The van der Waals surface area contributed by atoms with Crippen LogP contribution in [0.1, 0.15) is 12.8 Å². The lowest BCUT2D eigenvalue weighted by molar-refractivity contribution is -0.142. The zero-order valence-corrected chi connectivity index (χ0v) is 19.4. The zero-order chi connectivity index (χ0) is 23.8. The summed E-state index contributed by atoms with van der Waals surface area (Å²) in [6.45, 7) is 1.90.